The second-order valence-corrected chi connectivity index (χ2v) is 9.68. The molecular formula is C29H36N4O3. The predicted octanol–water partition coefficient (Wildman–Crippen LogP) is 2.74. The van der Waals surface area contributed by atoms with Crippen molar-refractivity contribution in [3.05, 3.63) is 77.9 Å². The Morgan fingerprint density at radius 2 is 1.44 bits per heavy atom. The molecule has 3 amide bonds. The first-order chi connectivity index (χ1) is 17.5. The van der Waals surface area contributed by atoms with Crippen molar-refractivity contribution in [1.29, 1.82) is 0 Å². The van der Waals surface area contributed by atoms with Gasteiger partial charge in [-0.3, -0.25) is 19.3 Å². The van der Waals surface area contributed by atoms with Crippen LogP contribution in [0.3, 0.4) is 0 Å². The maximum Gasteiger partial charge on any atom is 0.246 e. The van der Waals surface area contributed by atoms with E-state index >= 15 is 0 Å². The van der Waals surface area contributed by atoms with E-state index < -0.39 is 0 Å². The van der Waals surface area contributed by atoms with Crippen molar-refractivity contribution in [2.75, 3.05) is 52.9 Å². The molecule has 2 fully saturated rings. The Bertz CT molecular complexity index is 1040. The van der Waals surface area contributed by atoms with Crippen molar-refractivity contribution >= 4 is 23.8 Å². The predicted molar refractivity (Wildman–Crippen MR) is 141 cm³/mol. The monoisotopic (exact) mass is 488 g/mol. The van der Waals surface area contributed by atoms with Gasteiger partial charge in [0.25, 0.3) is 0 Å². The summed E-state index contributed by atoms with van der Waals surface area (Å²) in [5, 5.41) is 0. The summed E-state index contributed by atoms with van der Waals surface area (Å²) in [7, 11) is 1.71. The molecule has 0 spiro atoms. The van der Waals surface area contributed by atoms with Gasteiger partial charge in [-0.05, 0) is 30.0 Å². The summed E-state index contributed by atoms with van der Waals surface area (Å²) < 4.78 is 0. The van der Waals surface area contributed by atoms with Gasteiger partial charge < -0.3 is 14.7 Å². The van der Waals surface area contributed by atoms with Crippen molar-refractivity contribution in [2.45, 2.75) is 19.4 Å². The van der Waals surface area contributed by atoms with E-state index in [1.54, 1.807) is 22.9 Å². The van der Waals surface area contributed by atoms with E-state index in [1.807, 2.05) is 59.5 Å². The number of hydrogen-bond acceptors (Lipinski definition) is 4. The lowest BCUT2D eigenvalue weighted by atomic mass is 9.95. The van der Waals surface area contributed by atoms with Crippen molar-refractivity contribution in [3.8, 4) is 0 Å². The fraction of sp³-hybridized carbons (Fsp3) is 0.414. The molecule has 0 bridgehead atoms. The highest BCUT2D eigenvalue weighted by Gasteiger charge is 2.30. The van der Waals surface area contributed by atoms with Gasteiger partial charge in [0, 0.05) is 64.9 Å². The average molecular weight is 489 g/mol. The Hall–Kier alpha value is -3.45. The van der Waals surface area contributed by atoms with E-state index in [0.717, 1.165) is 25.2 Å². The summed E-state index contributed by atoms with van der Waals surface area (Å²) in [6, 6.07) is 20.1. The van der Waals surface area contributed by atoms with Gasteiger partial charge in [-0.25, -0.2) is 0 Å². The van der Waals surface area contributed by atoms with Gasteiger partial charge in [0.05, 0.1) is 6.54 Å². The first-order valence-corrected chi connectivity index (χ1v) is 12.8. The lowest BCUT2D eigenvalue weighted by molar-refractivity contribution is -0.144. The van der Waals surface area contributed by atoms with E-state index in [9.17, 15) is 14.4 Å². The van der Waals surface area contributed by atoms with Crippen LogP contribution in [0.2, 0.25) is 0 Å². The van der Waals surface area contributed by atoms with Crippen LogP contribution in [0.15, 0.2) is 66.7 Å². The first-order valence-electron chi connectivity index (χ1n) is 12.8. The molecule has 2 aliphatic rings. The van der Waals surface area contributed by atoms with Crippen molar-refractivity contribution < 1.29 is 14.4 Å². The highest BCUT2D eigenvalue weighted by atomic mass is 16.2. The molecule has 2 aromatic carbocycles. The number of carbonyl (C=O) groups is 3. The number of piperazine rings is 1. The van der Waals surface area contributed by atoms with Gasteiger partial charge in [-0.15, -0.1) is 0 Å². The molecule has 0 saturated carbocycles. The molecule has 0 unspecified atom stereocenters. The number of likely N-dealkylation sites (tertiary alicyclic amines) is 1. The number of amides is 3. The molecule has 36 heavy (non-hydrogen) atoms. The molecule has 7 nitrogen and oxygen atoms in total. The molecule has 7 heteroatoms. The number of nitrogens with zero attached hydrogens (tertiary/aromatic N) is 4. The smallest absolute Gasteiger partial charge is 0.246 e. The van der Waals surface area contributed by atoms with E-state index in [2.05, 4.69) is 17.0 Å². The van der Waals surface area contributed by atoms with Crippen LogP contribution in [0.1, 0.15) is 24.0 Å². The minimum Gasteiger partial charge on any atom is -0.339 e. The number of benzene rings is 2. The van der Waals surface area contributed by atoms with Gasteiger partial charge in [-0.1, -0.05) is 60.7 Å². The summed E-state index contributed by atoms with van der Waals surface area (Å²) in [5.74, 6) is -0.172. The van der Waals surface area contributed by atoms with Gasteiger partial charge in [0.2, 0.25) is 17.7 Å². The second-order valence-electron chi connectivity index (χ2n) is 9.68. The SMILES string of the molecule is CN(CC(=O)N1CCN(Cc2ccccc2)CC1)C(=O)C1CCN(C(=O)C=Cc2ccccc2)CC1. The zero-order valence-electron chi connectivity index (χ0n) is 21.1. The molecule has 2 aromatic rings. The first kappa shape index (κ1) is 25.6. The molecule has 0 aromatic heterocycles. The van der Waals surface area contributed by atoms with Crippen LogP contribution in [-0.4, -0.2) is 90.2 Å². The average Bonchev–Trinajstić information content (AvgIpc) is 2.93. The standard InChI is InChI=1S/C29H36N4O3/c1-30(23-28(35)33-20-18-31(19-21-33)22-25-10-6-3-7-11-25)29(36)26-14-16-32(17-15-26)27(34)13-12-24-8-4-2-5-9-24/h2-13,26H,14-23H2,1H3. The Balaban J connectivity index is 1.17. The topological polar surface area (TPSA) is 64.2 Å². The Morgan fingerprint density at radius 3 is 2.08 bits per heavy atom. The number of rotatable bonds is 7. The summed E-state index contributed by atoms with van der Waals surface area (Å²) in [5.41, 5.74) is 2.27. The van der Waals surface area contributed by atoms with Crippen molar-refractivity contribution in [2.24, 2.45) is 5.92 Å². The van der Waals surface area contributed by atoms with E-state index in [0.29, 0.717) is 39.0 Å². The maximum absolute atomic E-state index is 13.0. The van der Waals surface area contributed by atoms with Crippen molar-refractivity contribution in [3.63, 3.8) is 0 Å². The Morgan fingerprint density at radius 1 is 0.833 bits per heavy atom. The van der Waals surface area contributed by atoms with Crippen LogP contribution in [0, 0.1) is 5.92 Å². The quantitative estimate of drug-likeness (QED) is 0.563. The summed E-state index contributed by atoms with van der Waals surface area (Å²) in [6.45, 7) is 5.16. The van der Waals surface area contributed by atoms with Gasteiger partial charge in [0.15, 0.2) is 0 Å². The number of likely N-dealkylation sites (N-methyl/N-ethyl adjacent to an activating group) is 1. The molecule has 0 radical (unpaired) electrons. The third-order valence-corrected chi connectivity index (χ3v) is 7.10. The lowest BCUT2D eigenvalue weighted by Crippen LogP contribution is -2.51. The third-order valence-electron chi connectivity index (χ3n) is 7.10. The van der Waals surface area contributed by atoms with Crippen LogP contribution in [0.5, 0.6) is 0 Å². The van der Waals surface area contributed by atoms with Gasteiger partial charge in [-0.2, -0.15) is 0 Å². The molecule has 190 valence electrons. The highest BCUT2D eigenvalue weighted by Crippen LogP contribution is 2.20. The van der Waals surface area contributed by atoms with Gasteiger partial charge >= 0.3 is 0 Å². The zero-order valence-corrected chi connectivity index (χ0v) is 21.1. The van der Waals surface area contributed by atoms with Crippen LogP contribution in [-0.2, 0) is 20.9 Å². The third kappa shape index (κ3) is 7.04. The molecule has 0 aliphatic carbocycles. The second kappa shape index (κ2) is 12.5. The summed E-state index contributed by atoms with van der Waals surface area (Å²) in [6.07, 6.45) is 4.67. The van der Waals surface area contributed by atoms with E-state index in [1.165, 1.54) is 5.56 Å². The Kier molecular flexibility index (Phi) is 8.90. The minimum atomic E-state index is -0.146. The molecule has 2 aliphatic heterocycles. The molecule has 4 rings (SSSR count). The van der Waals surface area contributed by atoms with Crippen LogP contribution in [0.4, 0.5) is 0 Å². The lowest BCUT2D eigenvalue weighted by Gasteiger charge is -2.36. The van der Waals surface area contributed by atoms with Crippen molar-refractivity contribution in [1.82, 2.24) is 19.6 Å². The number of hydrogen-bond donors (Lipinski definition) is 0. The molecule has 0 N–H and O–H groups in total. The maximum atomic E-state index is 13.0. The van der Waals surface area contributed by atoms with Gasteiger partial charge in [0.1, 0.15) is 0 Å². The van der Waals surface area contributed by atoms with Crippen LogP contribution in [0.25, 0.3) is 6.08 Å². The fourth-order valence-corrected chi connectivity index (χ4v) is 4.87. The number of piperidine rings is 1. The summed E-state index contributed by atoms with van der Waals surface area (Å²) >= 11 is 0. The highest BCUT2D eigenvalue weighted by molar-refractivity contribution is 5.92. The zero-order chi connectivity index (χ0) is 25.3. The fourth-order valence-electron chi connectivity index (χ4n) is 4.87. The minimum absolute atomic E-state index is 0.00186. The van der Waals surface area contributed by atoms with Crippen LogP contribution < -0.4 is 0 Å². The van der Waals surface area contributed by atoms with E-state index in [-0.39, 0.29) is 30.2 Å². The summed E-state index contributed by atoms with van der Waals surface area (Å²) in [4.78, 5) is 45.9. The molecule has 2 heterocycles. The molecule has 0 atom stereocenters. The molecular weight excluding hydrogens is 452 g/mol. The Labute approximate surface area is 214 Å². The number of carbonyl (C=O) groups excluding carboxylic acids is 3. The normalized spacial score (nSPS) is 17.4. The van der Waals surface area contributed by atoms with E-state index in [4.69, 9.17) is 0 Å². The van der Waals surface area contributed by atoms with Crippen LogP contribution >= 0.6 is 0 Å². The largest absolute Gasteiger partial charge is 0.339 e. The molecule has 2 saturated heterocycles.